The van der Waals surface area contributed by atoms with Gasteiger partial charge in [0.15, 0.2) is 0 Å². The van der Waals surface area contributed by atoms with Gasteiger partial charge in [-0.25, -0.2) is 8.78 Å². The van der Waals surface area contributed by atoms with Gasteiger partial charge >= 0.3 is 0 Å². The van der Waals surface area contributed by atoms with E-state index in [9.17, 15) is 8.78 Å². The van der Waals surface area contributed by atoms with Crippen molar-refractivity contribution in [1.82, 2.24) is 4.90 Å². The van der Waals surface area contributed by atoms with Gasteiger partial charge in [-0.2, -0.15) is 0 Å². The Balaban J connectivity index is 1.77. The molecule has 2 nitrogen and oxygen atoms in total. The number of rotatable bonds is 4. The molecule has 1 fully saturated rings. The van der Waals surface area contributed by atoms with Crippen molar-refractivity contribution >= 4 is 0 Å². The number of benzene rings is 1. The minimum absolute atomic E-state index is 0.494. The first kappa shape index (κ1) is 12.5. The van der Waals surface area contributed by atoms with E-state index in [4.69, 9.17) is 4.74 Å². The zero-order valence-corrected chi connectivity index (χ0v) is 9.79. The summed E-state index contributed by atoms with van der Waals surface area (Å²) < 4.78 is 31.1. The van der Waals surface area contributed by atoms with Crippen LogP contribution in [0.25, 0.3) is 0 Å². The Hall–Kier alpha value is -1.00. The molecule has 1 heterocycles. The van der Waals surface area contributed by atoms with Gasteiger partial charge in [0.1, 0.15) is 11.6 Å². The molecule has 4 heteroatoms. The number of hydrogen-bond acceptors (Lipinski definition) is 2. The molecule has 0 N–H and O–H groups in total. The van der Waals surface area contributed by atoms with Crippen molar-refractivity contribution in [2.45, 2.75) is 12.8 Å². The van der Waals surface area contributed by atoms with Gasteiger partial charge in [0.05, 0.1) is 13.2 Å². The molecular formula is C13H17F2NO. The minimum Gasteiger partial charge on any atom is -0.379 e. The van der Waals surface area contributed by atoms with Crippen molar-refractivity contribution in [3.8, 4) is 0 Å². The quantitative estimate of drug-likeness (QED) is 0.801. The number of halogens is 2. The molecule has 0 radical (unpaired) electrons. The third-order valence-electron chi connectivity index (χ3n) is 2.97. The number of aryl methyl sites for hydroxylation is 1. The van der Waals surface area contributed by atoms with Gasteiger partial charge in [-0.05, 0) is 37.1 Å². The summed E-state index contributed by atoms with van der Waals surface area (Å²) in [5, 5.41) is 0. The Morgan fingerprint density at radius 1 is 1.06 bits per heavy atom. The molecule has 0 bridgehead atoms. The van der Waals surface area contributed by atoms with Gasteiger partial charge in [0, 0.05) is 19.2 Å². The molecule has 1 aromatic carbocycles. The summed E-state index contributed by atoms with van der Waals surface area (Å²) in [4.78, 5) is 2.32. The Morgan fingerprint density at radius 2 is 1.71 bits per heavy atom. The van der Waals surface area contributed by atoms with E-state index in [1.54, 1.807) is 0 Å². The summed E-state index contributed by atoms with van der Waals surface area (Å²) in [5.41, 5.74) is 0.732. The molecule has 0 amide bonds. The predicted molar refractivity (Wildman–Crippen MR) is 61.9 cm³/mol. The van der Waals surface area contributed by atoms with Crippen LogP contribution >= 0.6 is 0 Å². The maximum absolute atomic E-state index is 12.9. The zero-order chi connectivity index (χ0) is 12.1. The van der Waals surface area contributed by atoms with Crippen LogP contribution in [0.3, 0.4) is 0 Å². The van der Waals surface area contributed by atoms with Crippen LogP contribution < -0.4 is 0 Å². The van der Waals surface area contributed by atoms with E-state index in [-0.39, 0.29) is 0 Å². The monoisotopic (exact) mass is 241 g/mol. The normalized spacial score (nSPS) is 17.3. The van der Waals surface area contributed by atoms with Gasteiger partial charge in [0.25, 0.3) is 0 Å². The lowest BCUT2D eigenvalue weighted by atomic mass is 10.1. The Kier molecular flexibility index (Phi) is 4.45. The number of morpholine rings is 1. The lowest BCUT2D eigenvalue weighted by Gasteiger charge is -2.26. The maximum Gasteiger partial charge on any atom is 0.126 e. The summed E-state index contributed by atoms with van der Waals surface area (Å²) in [6.45, 7) is 4.44. The SMILES string of the molecule is Fc1cc(F)cc(CCCN2CCOCC2)c1. The first-order chi connectivity index (χ1) is 8.24. The Labute approximate surface area is 100 Å². The van der Waals surface area contributed by atoms with E-state index in [1.165, 1.54) is 12.1 Å². The van der Waals surface area contributed by atoms with E-state index in [0.29, 0.717) is 6.42 Å². The van der Waals surface area contributed by atoms with Gasteiger partial charge in [-0.3, -0.25) is 4.90 Å². The second-order valence-corrected chi connectivity index (χ2v) is 4.34. The van der Waals surface area contributed by atoms with Crippen LogP contribution in [0.1, 0.15) is 12.0 Å². The highest BCUT2D eigenvalue weighted by atomic mass is 19.1. The highest BCUT2D eigenvalue weighted by Gasteiger charge is 2.09. The maximum atomic E-state index is 12.9. The second-order valence-electron chi connectivity index (χ2n) is 4.34. The molecule has 0 aromatic heterocycles. The van der Waals surface area contributed by atoms with Crippen LogP contribution in [-0.2, 0) is 11.2 Å². The summed E-state index contributed by atoms with van der Waals surface area (Å²) in [7, 11) is 0. The first-order valence-corrected chi connectivity index (χ1v) is 5.99. The van der Waals surface area contributed by atoms with Crippen molar-refractivity contribution in [3.63, 3.8) is 0 Å². The predicted octanol–water partition coefficient (Wildman–Crippen LogP) is 2.23. The largest absolute Gasteiger partial charge is 0.379 e. The lowest BCUT2D eigenvalue weighted by molar-refractivity contribution is 0.0374. The van der Waals surface area contributed by atoms with Crippen LogP contribution in [0.4, 0.5) is 8.78 Å². The topological polar surface area (TPSA) is 12.5 Å². The molecule has 0 saturated carbocycles. The lowest BCUT2D eigenvalue weighted by Crippen LogP contribution is -2.36. The average Bonchev–Trinajstić information content (AvgIpc) is 2.29. The molecule has 0 atom stereocenters. The fraction of sp³-hybridized carbons (Fsp3) is 0.538. The number of nitrogens with zero attached hydrogens (tertiary/aromatic N) is 1. The second kappa shape index (κ2) is 6.07. The van der Waals surface area contributed by atoms with E-state index < -0.39 is 11.6 Å². The zero-order valence-electron chi connectivity index (χ0n) is 9.79. The molecular weight excluding hydrogens is 224 g/mol. The number of ether oxygens (including phenoxy) is 1. The summed E-state index contributed by atoms with van der Waals surface area (Å²) in [6, 6.07) is 3.72. The third-order valence-corrected chi connectivity index (χ3v) is 2.97. The molecule has 0 unspecified atom stereocenters. The molecule has 0 spiro atoms. The van der Waals surface area contributed by atoms with Gasteiger partial charge in [0.2, 0.25) is 0 Å². The first-order valence-electron chi connectivity index (χ1n) is 5.99. The molecule has 1 saturated heterocycles. The van der Waals surface area contributed by atoms with Crippen molar-refractivity contribution in [2.24, 2.45) is 0 Å². The minimum atomic E-state index is -0.494. The van der Waals surface area contributed by atoms with Crippen LogP contribution in [-0.4, -0.2) is 37.7 Å². The summed E-state index contributed by atoms with van der Waals surface area (Å²) >= 11 is 0. The summed E-state index contributed by atoms with van der Waals surface area (Å²) in [5.74, 6) is -0.988. The molecule has 2 rings (SSSR count). The molecule has 1 aromatic rings. The molecule has 94 valence electrons. The van der Waals surface area contributed by atoms with Crippen LogP contribution in [0.2, 0.25) is 0 Å². The Morgan fingerprint density at radius 3 is 2.35 bits per heavy atom. The van der Waals surface area contributed by atoms with Crippen LogP contribution in [0.5, 0.6) is 0 Å². The standard InChI is InChI=1S/C13H17F2NO/c14-12-8-11(9-13(15)10-12)2-1-3-16-4-6-17-7-5-16/h8-10H,1-7H2. The van der Waals surface area contributed by atoms with Gasteiger partial charge in [-0.1, -0.05) is 0 Å². The van der Waals surface area contributed by atoms with Crippen molar-refractivity contribution < 1.29 is 13.5 Å². The van der Waals surface area contributed by atoms with Crippen LogP contribution in [0.15, 0.2) is 18.2 Å². The molecule has 0 aliphatic carbocycles. The Bertz CT molecular complexity index is 344. The highest BCUT2D eigenvalue weighted by molar-refractivity contribution is 5.17. The van der Waals surface area contributed by atoms with E-state index in [1.807, 2.05) is 0 Å². The highest BCUT2D eigenvalue weighted by Crippen LogP contribution is 2.10. The van der Waals surface area contributed by atoms with Gasteiger partial charge in [-0.15, -0.1) is 0 Å². The van der Waals surface area contributed by atoms with E-state index >= 15 is 0 Å². The van der Waals surface area contributed by atoms with Crippen molar-refractivity contribution in [3.05, 3.63) is 35.4 Å². The third kappa shape index (κ3) is 4.06. The number of hydrogen-bond donors (Lipinski definition) is 0. The van der Waals surface area contributed by atoms with Crippen molar-refractivity contribution in [1.29, 1.82) is 0 Å². The molecule has 1 aliphatic heterocycles. The molecule has 17 heavy (non-hydrogen) atoms. The van der Waals surface area contributed by atoms with E-state index in [2.05, 4.69) is 4.90 Å². The van der Waals surface area contributed by atoms with E-state index in [0.717, 1.165) is 50.9 Å². The average molecular weight is 241 g/mol. The van der Waals surface area contributed by atoms with Crippen LogP contribution in [0, 0.1) is 11.6 Å². The fourth-order valence-electron chi connectivity index (χ4n) is 2.09. The summed E-state index contributed by atoms with van der Waals surface area (Å²) in [6.07, 6.45) is 1.63. The molecule has 1 aliphatic rings. The van der Waals surface area contributed by atoms with Gasteiger partial charge < -0.3 is 4.74 Å². The fourth-order valence-corrected chi connectivity index (χ4v) is 2.09. The van der Waals surface area contributed by atoms with Crippen molar-refractivity contribution in [2.75, 3.05) is 32.8 Å². The smallest absolute Gasteiger partial charge is 0.126 e.